The molecule has 110 valence electrons. The van der Waals surface area contributed by atoms with Gasteiger partial charge in [0.15, 0.2) is 5.82 Å². The van der Waals surface area contributed by atoms with Crippen molar-refractivity contribution in [1.29, 1.82) is 0 Å². The highest BCUT2D eigenvalue weighted by Gasteiger charge is 2.19. The van der Waals surface area contributed by atoms with Crippen LogP contribution in [0.25, 0.3) is 0 Å². The Bertz CT molecular complexity index is 665. The summed E-state index contributed by atoms with van der Waals surface area (Å²) in [4.78, 5) is 22.4. The van der Waals surface area contributed by atoms with Crippen molar-refractivity contribution in [3.05, 3.63) is 52.1 Å². The molecule has 0 atom stereocenters. The van der Waals surface area contributed by atoms with E-state index in [0.717, 1.165) is 0 Å². The molecule has 2 aromatic rings. The number of benzene rings is 1. The van der Waals surface area contributed by atoms with Gasteiger partial charge in [-0.3, -0.25) is 14.9 Å². The molecule has 0 radical (unpaired) electrons. The van der Waals surface area contributed by atoms with E-state index in [1.807, 2.05) is 18.4 Å². The minimum Gasteiger partial charge on any atom is -0.345 e. The van der Waals surface area contributed by atoms with Gasteiger partial charge in [0.25, 0.3) is 11.6 Å². The Hall–Kier alpha value is -2.77. The van der Waals surface area contributed by atoms with Crippen LogP contribution in [0.15, 0.2) is 30.6 Å². The summed E-state index contributed by atoms with van der Waals surface area (Å²) in [5.41, 5.74) is -0.196. The Labute approximate surface area is 121 Å². The third-order valence-electron chi connectivity index (χ3n) is 2.96. The van der Waals surface area contributed by atoms with E-state index < -0.39 is 10.8 Å². The molecular weight excluding hydrogens is 274 g/mol. The molecular formula is C13H15N5O3. The van der Waals surface area contributed by atoms with Gasteiger partial charge in [0, 0.05) is 12.1 Å². The van der Waals surface area contributed by atoms with E-state index in [1.54, 1.807) is 12.4 Å². The van der Waals surface area contributed by atoms with E-state index in [2.05, 4.69) is 15.5 Å². The second kappa shape index (κ2) is 6.12. The molecule has 0 bridgehead atoms. The highest BCUT2D eigenvalue weighted by Crippen LogP contribution is 2.17. The molecule has 0 aliphatic carbocycles. The number of rotatable bonds is 5. The van der Waals surface area contributed by atoms with Crippen molar-refractivity contribution >= 4 is 11.6 Å². The van der Waals surface area contributed by atoms with E-state index in [1.165, 1.54) is 18.2 Å². The second-order valence-electron chi connectivity index (χ2n) is 4.71. The van der Waals surface area contributed by atoms with Crippen LogP contribution in [-0.4, -0.2) is 25.6 Å². The maximum absolute atomic E-state index is 12.1. The first-order chi connectivity index (χ1) is 10.0. The molecule has 21 heavy (non-hydrogen) atoms. The first kappa shape index (κ1) is 14.6. The quantitative estimate of drug-likeness (QED) is 0.666. The van der Waals surface area contributed by atoms with Crippen molar-refractivity contribution in [2.45, 2.75) is 26.4 Å². The van der Waals surface area contributed by atoms with Crippen LogP contribution in [0.4, 0.5) is 5.69 Å². The molecule has 8 heteroatoms. The van der Waals surface area contributed by atoms with Gasteiger partial charge in [-0.2, -0.15) is 0 Å². The van der Waals surface area contributed by atoms with Crippen LogP contribution in [0.5, 0.6) is 0 Å². The molecule has 1 heterocycles. The lowest BCUT2D eigenvalue weighted by molar-refractivity contribution is -0.385. The Morgan fingerprint density at radius 1 is 1.43 bits per heavy atom. The molecule has 0 saturated carbocycles. The van der Waals surface area contributed by atoms with Crippen LogP contribution >= 0.6 is 0 Å². The highest BCUT2D eigenvalue weighted by atomic mass is 16.6. The van der Waals surface area contributed by atoms with Crippen molar-refractivity contribution in [2.75, 3.05) is 0 Å². The molecule has 0 aliphatic rings. The van der Waals surface area contributed by atoms with Crippen molar-refractivity contribution in [2.24, 2.45) is 0 Å². The predicted molar refractivity (Wildman–Crippen MR) is 74.7 cm³/mol. The number of nitro benzene ring substituents is 1. The SMILES string of the molecule is CC(C)n1cnnc1CNC(=O)c1ccccc1[N+](=O)[O-]. The lowest BCUT2D eigenvalue weighted by Crippen LogP contribution is -2.25. The van der Waals surface area contributed by atoms with Gasteiger partial charge in [0.05, 0.1) is 11.5 Å². The van der Waals surface area contributed by atoms with E-state index >= 15 is 0 Å². The van der Waals surface area contributed by atoms with Gasteiger partial charge in [0.2, 0.25) is 0 Å². The zero-order valence-corrected chi connectivity index (χ0v) is 11.7. The summed E-state index contributed by atoms with van der Waals surface area (Å²) in [6.45, 7) is 4.09. The molecule has 2 rings (SSSR count). The average Bonchev–Trinajstić information content (AvgIpc) is 2.93. The van der Waals surface area contributed by atoms with Crippen LogP contribution in [-0.2, 0) is 6.54 Å². The maximum atomic E-state index is 12.1. The Morgan fingerprint density at radius 2 is 2.14 bits per heavy atom. The molecule has 0 saturated heterocycles. The molecule has 0 unspecified atom stereocenters. The summed E-state index contributed by atoms with van der Waals surface area (Å²) in [6, 6.07) is 5.98. The highest BCUT2D eigenvalue weighted by molar-refractivity contribution is 5.97. The number of nitro groups is 1. The molecule has 0 spiro atoms. The normalized spacial score (nSPS) is 10.6. The van der Waals surface area contributed by atoms with Gasteiger partial charge in [-0.15, -0.1) is 10.2 Å². The number of hydrogen-bond acceptors (Lipinski definition) is 5. The van der Waals surface area contributed by atoms with Crippen molar-refractivity contribution < 1.29 is 9.72 Å². The summed E-state index contributed by atoms with van der Waals surface area (Å²) < 4.78 is 1.82. The maximum Gasteiger partial charge on any atom is 0.282 e. The van der Waals surface area contributed by atoms with Gasteiger partial charge < -0.3 is 9.88 Å². The van der Waals surface area contributed by atoms with Gasteiger partial charge >= 0.3 is 0 Å². The van der Waals surface area contributed by atoms with E-state index in [-0.39, 0.29) is 23.8 Å². The third kappa shape index (κ3) is 3.22. The minimum absolute atomic E-state index is 0.0260. The van der Waals surface area contributed by atoms with Crippen LogP contribution in [0, 0.1) is 10.1 Å². The second-order valence-corrected chi connectivity index (χ2v) is 4.71. The van der Waals surface area contributed by atoms with Crippen molar-refractivity contribution in [1.82, 2.24) is 20.1 Å². The number of hydrogen-bond donors (Lipinski definition) is 1. The van der Waals surface area contributed by atoms with Gasteiger partial charge in [-0.25, -0.2) is 0 Å². The molecule has 0 aliphatic heterocycles. The van der Waals surface area contributed by atoms with E-state index in [9.17, 15) is 14.9 Å². The zero-order chi connectivity index (χ0) is 15.4. The van der Waals surface area contributed by atoms with Gasteiger partial charge in [-0.05, 0) is 19.9 Å². The smallest absolute Gasteiger partial charge is 0.282 e. The molecule has 1 aromatic heterocycles. The number of nitrogens with zero attached hydrogens (tertiary/aromatic N) is 4. The monoisotopic (exact) mass is 289 g/mol. The Balaban J connectivity index is 2.12. The fourth-order valence-electron chi connectivity index (χ4n) is 1.90. The number of para-hydroxylation sites is 1. The van der Waals surface area contributed by atoms with E-state index in [0.29, 0.717) is 5.82 Å². The van der Waals surface area contributed by atoms with Gasteiger partial charge in [-0.1, -0.05) is 12.1 Å². The lowest BCUT2D eigenvalue weighted by Gasteiger charge is -2.10. The minimum atomic E-state index is -0.578. The molecule has 0 fully saturated rings. The van der Waals surface area contributed by atoms with Crippen LogP contribution in [0.2, 0.25) is 0 Å². The molecule has 1 amide bonds. The average molecular weight is 289 g/mol. The number of amides is 1. The number of carbonyl (C=O) groups excluding carboxylic acids is 1. The predicted octanol–water partition coefficient (Wildman–Crippen LogP) is 1.70. The van der Waals surface area contributed by atoms with Crippen molar-refractivity contribution in [3.63, 3.8) is 0 Å². The first-order valence-corrected chi connectivity index (χ1v) is 6.40. The van der Waals surface area contributed by atoms with Crippen LogP contribution in [0.3, 0.4) is 0 Å². The Morgan fingerprint density at radius 3 is 2.81 bits per heavy atom. The largest absolute Gasteiger partial charge is 0.345 e. The molecule has 1 aromatic carbocycles. The Kier molecular flexibility index (Phi) is 4.27. The fraction of sp³-hybridized carbons (Fsp3) is 0.308. The summed E-state index contributed by atoms with van der Waals surface area (Å²) in [5.74, 6) is 0.0811. The number of aromatic nitrogens is 3. The number of nitrogens with one attached hydrogen (secondary N) is 1. The summed E-state index contributed by atoms with van der Waals surface area (Å²) in [6.07, 6.45) is 1.58. The molecule has 8 nitrogen and oxygen atoms in total. The summed E-state index contributed by atoms with van der Waals surface area (Å²) in [5, 5.41) is 21.2. The summed E-state index contributed by atoms with van der Waals surface area (Å²) in [7, 11) is 0. The van der Waals surface area contributed by atoms with Crippen molar-refractivity contribution in [3.8, 4) is 0 Å². The molecule has 1 N–H and O–H groups in total. The van der Waals surface area contributed by atoms with Crippen LogP contribution in [0.1, 0.15) is 36.1 Å². The first-order valence-electron chi connectivity index (χ1n) is 6.40. The number of carbonyl (C=O) groups is 1. The van der Waals surface area contributed by atoms with E-state index in [4.69, 9.17) is 0 Å². The fourth-order valence-corrected chi connectivity index (χ4v) is 1.90. The zero-order valence-electron chi connectivity index (χ0n) is 11.7. The standard InChI is InChI=1S/C13H15N5O3/c1-9(2)17-8-15-16-12(17)7-14-13(19)10-5-3-4-6-11(10)18(20)21/h3-6,8-9H,7H2,1-2H3,(H,14,19). The van der Waals surface area contributed by atoms with Gasteiger partial charge in [0.1, 0.15) is 11.9 Å². The van der Waals surface area contributed by atoms with Crippen LogP contribution < -0.4 is 5.32 Å². The summed E-state index contributed by atoms with van der Waals surface area (Å²) >= 11 is 0. The topological polar surface area (TPSA) is 103 Å². The lowest BCUT2D eigenvalue weighted by atomic mass is 10.1. The third-order valence-corrected chi connectivity index (χ3v) is 2.96.